The van der Waals surface area contributed by atoms with Crippen molar-refractivity contribution < 1.29 is 19.4 Å². The number of aryl methyl sites for hydroxylation is 1. The first-order valence-electron chi connectivity index (χ1n) is 8.47. The molecule has 3 rings (SSSR count). The van der Waals surface area contributed by atoms with E-state index in [1.54, 1.807) is 11.5 Å². The highest BCUT2D eigenvalue weighted by atomic mass is 16.6. The minimum absolute atomic E-state index is 0.0651. The van der Waals surface area contributed by atoms with E-state index >= 15 is 0 Å². The van der Waals surface area contributed by atoms with Gasteiger partial charge in [0.2, 0.25) is 0 Å². The van der Waals surface area contributed by atoms with Crippen LogP contribution in [0.5, 0.6) is 0 Å². The number of aliphatic hydroxyl groups is 1. The molecule has 3 heterocycles. The maximum absolute atomic E-state index is 12.1. The van der Waals surface area contributed by atoms with Gasteiger partial charge in [-0.2, -0.15) is 0 Å². The number of aromatic nitrogens is 4. The van der Waals surface area contributed by atoms with Crippen LogP contribution in [0.3, 0.4) is 0 Å². The molecule has 0 aliphatic carbocycles. The Kier molecular flexibility index (Phi) is 5.08. The van der Waals surface area contributed by atoms with Gasteiger partial charge in [-0.15, -0.1) is 0 Å². The smallest absolute Gasteiger partial charge is 0.323 e. The van der Waals surface area contributed by atoms with Crippen LogP contribution in [0, 0.1) is 12.8 Å². The van der Waals surface area contributed by atoms with Crippen LogP contribution in [0.4, 0.5) is 0 Å². The fourth-order valence-electron chi connectivity index (χ4n) is 2.91. The van der Waals surface area contributed by atoms with E-state index in [0.29, 0.717) is 17.9 Å². The van der Waals surface area contributed by atoms with E-state index < -0.39 is 30.4 Å². The van der Waals surface area contributed by atoms with Gasteiger partial charge in [0.05, 0.1) is 12.9 Å². The number of imidazole rings is 1. The van der Waals surface area contributed by atoms with Gasteiger partial charge in [-0.1, -0.05) is 13.8 Å². The summed E-state index contributed by atoms with van der Waals surface area (Å²) in [7, 11) is 0. The molecule has 0 amide bonds. The van der Waals surface area contributed by atoms with Crippen molar-refractivity contribution in [3.8, 4) is 0 Å². The number of carbonyl (C=O) groups is 1. The summed E-state index contributed by atoms with van der Waals surface area (Å²) in [6.07, 6.45) is -0.165. The lowest BCUT2D eigenvalue weighted by Gasteiger charge is -2.20. The second-order valence-electron chi connectivity index (χ2n) is 6.77. The van der Waals surface area contributed by atoms with Crippen LogP contribution >= 0.6 is 0 Å². The molecule has 4 atom stereocenters. The second-order valence-corrected chi connectivity index (χ2v) is 6.77. The van der Waals surface area contributed by atoms with Crippen LogP contribution in [0.15, 0.2) is 11.1 Å². The Bertz CT molecular complexity index is 860. The molecule has 0 saturated carbocycles. The molecule has 0 radical (unpaired) electrons. The Labute approximate surface area is 149 Å². The normalized spacial score (nSPS) is 24.3. The molecular weight excluding hydrogens is 342 g/mol. The molecule has 1 fully saturated rings. The minimum Gasteiger partial charge on any atom is -0.458 e. The molecule has 1 aliphatic heterocycles. The third-order valence-corrected chi connectivity index (χ3v) is 4.48. The van der Waals surface area contributed by atoms with E-state index in [1.165, 1.54) is 6.33 Å². The number of aliphatic hydroxyl groups excluding tert-OH is 1. The summed E-state index contributed by atoms with van der Waals surface area (Å²) < 4.78 is 12.9. The van der Waals surface area contributed by atoms with Crippen LogP contribution in [0.25, 0.3) is 11.2 Å². The molecule has 26 heavy (non-hydrogen) atoms. The van der Waals surface area contributed by atoms with Crippen LogP contribution in [0.1, 0.15) is 32.3 Å². The first-order chi connectivity index (χ1) is 12.3. The van der Waals surface area contributed by atoms with Crippen LogP contribution in [0.2, 0.25) is 0 Å². The zero-order chi connectivity index (χ0) is 19.0. The summed E-state index contributed by atoms with van der Waals surface area (Å²) in [4.78, 5) is 35.1. The van der Waals surface area contributed by atoms with Gasteiger partial charge in [0.15, 0.2) is 11.2 Å². The maximum Gasteiger partial charge on any atom is 0.323 e. The van der Waals surface area contributed by atoms with Crippen molar-refractivity contribution in [2.75, 3.05) is 6.61 Å². The Morgan fingerprint density at radius 2 is 2.31 bits per heavy atom. The zero-order valence-corrected chi connectivity index (χ0v) is 14.9. The number of nitrogens with one attached hydrogen (secondary N) is 1. The second kappa shape index (κ2) is 7.14. The van der Waals surface area contributed by atoms with Crippen molar-refractivity contribution in [2.45, 2.75) is 51.7 Å². The number of ether oxygens (including phenoxy) is 2. The summed E-state index contributed by atoms with van der Waals surface area (Å²) in [5, 5.41) is 9.57. The minimum atomic E-state index is -0.745. The zero-order valence-electron chi connectivity index (χ0n) is 14.9. The standard InChI is InChI=1S/C16H23N5O5/c1-7(2)12(17)16(24)26-9-4-11(25-10(9)5-22)21-6-18-13-14(21)19-8(3)20-15(13)23/h6-7,9-12,22H,4-5,17H2,1-3H3,(H,19,20,23)/t9?,10-,11-,12+/m1/s1. The average molecular weight is 365 g/mol. The van der Waals surface area contributed by atoms with Crippen molar-refractivity contribution in [3.05, 3.63) is 22.5 Å². The number of fused-ring (bicyclic) bond motifs is 1. The molecule has 142 valence electrons. The number of esters is 1. The van der Waals surface area contributed by atoms with Gasteiger partial charge in [-0.05, 0) is 12.8 Å². The first kappa shape index (κ1) is 18.5. The fraction of sp³-hybridized carbons (Fsp3) is 0.625. The molecule has 1 saturated heterocycles. The quantitative estimate of drug-likeness (QED) is 0.607. The first-order valence-corrected chi connectivity index (χ1v) is 8.47. The summed E-state index contributed by atoms with van der Waals surface area (Å²) in [5.74, 6) is -0.148. The Balaban J connectivity index is 1.83. The molecule has 0 spiro atoms. The van der Waals surface area contributed by atoms with Gasteiger partial charge in [-0.3, -0.25) is 14.2 Å². The van der Waals surface area contributed by atoms with Crippen LogP contribution < -0.4 is 11.3 Å². The highest BCUT2D eigenvalue weighted by Gasteiger charge is 2.40. The van der Waals surface area contributed by atoms with Gasteiger partial charge in [-0.25, -0.2) is 9.97 Å². The Morgan fingerprint density at radius 3 is 2.96 bits per heavy atom. The number of aromatic amines is 1. The van der Waals surface area contributed by atoms with Gasteiger partial charge in [0.25, 0.3) is 5.56 Å². The third-order valence-electron chi connectivity index (χ3n) is 4.48. The summed E-state index contributed by atoms with van der Waals surface area (Å²) in [5.41, 5.74) is 6.05. The van der Waals surface area contributed by atoms with Crippen molar-refractivity contribution in [1.82, 2.24) is 19.5 Å². The van der Waals surface area contributed by atoms with Crippen molar-refractivity contribution in [1.29, 1.82) is 0 Å². The fourth-order valence-corrected chi connectivity index (χ4v) is 2.91. The molecule has 1 unspecified atom stereocenters. The van der Waals surface area contributed by atoms with Crippen LogP contribution in [-0.2, 0) is 14.3 Å². The third kappa shape index (κ3) is 3.35. The van der Waals surface area contributed by atoms with E-state index in [1.807, 2.05) is 13.8 Å². The molecule has 10 nitrogen and oxygen atoms in total. The van der Waals surface area contributed by atoms with E-state index in [2.05, 4.69) is 15.0 Å². The number of hydrogen-bond acceptors (Lipinski definition) is 8. The predicted octanol–water partition coefficient (Wildman–Crippen LogP) is -0.397. The maximum atomic E-state index is 12.1. The molecule has 0 bridgehead atoms. The van der Waals surface area contributed by atoms with Gasteiger partial charge in [0, 0.05) is 6.42 Å². The number of rotatable bonds is 5. The predicted molar refractivity (Wildman–Crippen MR) is 91.2 cm³/mol. The number of nitrogens with two attached hydrogens (primary N) is 1. The lowest BCUT2D eigenvalue weighted by atomic mass is 10.1. The number of H-pyrrole nitrogens is 1. The highest BCUT2D eigenvalue weighted by Crippen LogP contribution is 2.32. The molecule has 10 heteroatoms. The SMILES string of the molecule is Cc1nc2c(ncn2[C@H]2CC(OC(=O)[C@@H](N)C(C)C)[C@@H](CO)O2)c(=O)[nH]1. The number of hydrogen-bond donors (Lipinski definition) is 3. The lowest BCUT2D eigenvalue weighted by Crippen LogP contribution is -2.41. The molecule has 2 aromatic rings. The van der Waals surface area contributed by atoms with E-state index in [4.69, 9.17) is 15.2 Å². The topological polar surface area (TPSA) is 145 Å². The molecular formula is C16H23N5O5. The summed E-state index contributed by atoms with van der Waals surface area (Å²) >= 11 is 0. The van der Waals surface area contributed by atoms with Crippen molar-refractivity contribution in [2.24, 2.45) is 11.7 Å². The molecule has 4 N–H and O–H groups in total. The van der Waals surface area contributed by atoms with Gasteiger partial charge >= 0.3 is 5.97 Å². The van der Waals surface area contributed by atoms with Crippen LogP contribution in [-0.4, -0.2) is 55.5 Å². The Hall–Kier alpha value is -2.30. The van der Waals surface area contributed by atoms with E-state index in [9.17, 15) is 14.7 Å². The van der Waals surface area contributed by atoms with Crippen molar-refractivity contribution in [3.63, 3.8) is 0 Å². The molecule has 0 aromatic carbocycles. The van der Waals surface area contributed by atoms with Gasteiger partial charge in [0.1, 0.15) is 30.3 Å². The molecule has 1 aliphatic rings. The average Bonchev–Trinajstić information content (AvgIpc) is 3.17. The Morgan fingerprint density at radius 1 is 1.58 bits per heavy atom. The lowest BCUT2D eigenvalue weighted by molar-refractivity contribution is -0.155. The summed E-state index contributed by atoms with van der Waals surface area (Å²) in [6.45, 7) is 5.01. The number of carbonyl (C=O) groups excluding carboxylic acids is 1. The van der Waals surface area contributed by atoms with Crippen molar-refractivity contribution >= 4 is 17.1 Å². The number of nitrogens with zero attached hydrogens (tertiary/aromatic N) is 3. The van der Waals surface area contributed by atoms with Gasteiger partial charge < -0.3 is 25.3 Å². The highest BCUT2D eigenvalue weighted by molar-refractivity contribution is 5.76. The summed E-state index contributed by atoms with van der Waals surface area (Å²) in [6, 6.07) is -0.745. The monoisotopic (exact) mass is 365 g/mol. The van der Waals surface area contributed by atoms with E-state index in [-0.39, 0.29) is 23.6 Å². The van der Waals surface area contributed by atoms with E-state index in [0.717, 1.165) is 0 Å². The largest absolute Gasteiger partial charge is 0.458 e. The molecule has 2 aromatic heterocycles.